The lowest BCUT2D eigenvalue weighted by atomic mass is 10.2. The van der Waals surface area contributed by atoms with Crippen LogP contribution in [0.4, 0.5) is 0 Å². The van der Waals surface area contributed by atoms with Crippen LogP contribution in [0, 0.1) is 0 Å². The Labute approximate surface area is 132 Å². The van der Waals surface area contributed by atoms with Crippen molar-refractivity contribution in [3.8, 4) is 5.75 Å². The predicted octanol–water partition coefficient (Wildman–Crippen LogP) is 1.70. The van der Waals surface area contributed by atoms with Gasteiger partial charge in [-0.3, -0.25) is 9.78 Å². The highest BCUT2D eigenvalue weighted by molar-refractivity contribution is 5.94. The number of nitrogens with one attached hydrogen (secondary N) is 1. The van der Waals surface area contributed by atoms with Crippen LogP contribution >= 0.6 is 0 Å². The van der Waals surface area contributed by atoms with Crippen LogP contribution in [0.25, 0.3) is 0 Å². The van der Waals surface area contributed by atoms with Crippen molar-refractivity contribution < 1.29 is 19.4 Å². The Bertz CT molecular complexity index is 699. The summed E-state index contributed by atoms with van der Waals surface area (Å²) in [7, 11) is 0. The van der Waals surface area contributed by atoms with Gasteiger partial charge in [-0.05, 0) is 48.9 Å². The molecular formula is C16H15N3O4. The van der Waals surface area contributed by atoms with Crippen molar-refractivity contribution in [2.24, 2.45) is 5.10 Å². The number of amides is 1. The van der Waals surface area contributed by atoms with E-state index < -0.39 is 12.1 Å². The highest BCUT2D eigenvalue weighted by Crippen LogP contribution is 2.13. The van der Waals surface area contributed by atoms with Crippen LogP contribution in [0.2, 0.25) is 0 Å². The van der Waals surface area contributed by atoms with Gasteiger partial charge in [0.15, 0.2) is 6.10 Å². The summed E-state index contributed by atoms with van der Waals surface area (Å²) in [6.07, 6.45) is 3.57. The van der Waals surface area contributed by atoms with Crippen LogP contribution in [0.15, 0.2) is 53.9 Å². The highest BCUT2D eigenvalue weighted by Gasteiger charge is 2.11. The fraction of sp³-hybridized carbons (Fsp3) is 0.125. The molecule has 0 bridgehead atoms. The number of aromatic nitrogens is 1. The number of hydrazone groups is 1. The topological polar surface area (TPSA) is 101 Å². The molecule has 0 aliphatic carbocycles. The van der Waals surface area contributed by atoms with Crippen molar-refractivity contribution in [3.05, 3.63) is 59.9 Å². The van der Waals surface area contributed by atoms with E-state index >= 15 is 0 Å². The number of aliphatic carboxylic acids is 1. The molecule has 2 aromatic rings. The van der Waals surface area contributed by atoms with Gasteiger partial charge >= 0.3 is 5.97 Å². The Morgan fingerprint density at radius 3 is 2.65 bits per heavy atom. The van der Waals surface area contributed by atoms with Crippen molar-refractivity contribution in [3.63, 3.8) is 0 Å². The lowest BCUT2D eigenvalue weighted by Gasteiger charge is -2.09. The SMILES string of the molecule is C[C@@H](Oc1ccc(/C=N\NC(=O)c2cccnc2)cc1)C(=O)O. The number of carboxylic acid groups (broad SMARTS) is 1. The lowest BCUT2D eigenvalue weighted by molar-refractivity contribution is -0.144. The quantitative estimate of drug-likeness (QED) is 0.624. The van der Waals surface area contributed by atoms with Crippen molar-refractivity contribution >= 4 is 18.1 Å². The van der Waals surface area contributed by atoms with Gasteiger partial charge in [0, 0.05) is 12.4 Å². The molecule has 0 spiro atoms. The number of benzene rings is 1. The molecule has 118 valence electrons. The predicted molar refractivity (Wildman–Crippen MR) is 83.5 cm³/mol. The fourth-order valence-corrected chi connectivity index (χ4v) is 1.61. The van der Waals surface area contributed by atoms with Gasteiger partial charge in [-0.25, -0.2) is 10.2 Å². The first-order chi connectivity index (χ1) is 11.1. The summed E-state index contributed by atoms with van der Waals surface area (Å²) in [6, 6.07) is 9.95. The van der Waals surface area contributed by atoms with Crippen LogP contribution in [-0.2, 0) is 4.79 Å². The van der Waals surface area contributed by atoms with Gasteiger partial charge in [-0.15, -0.1) is 0 Å². The molecule has 0 fully saturated rings. The molecule has 0 radical (unpaired) electrons. The summed E-state index contributed by atoms with van der Waals surface area (Å²) in [4.78, 5) is 26.3. The van der Waals surface area contributed by atoms with E-state index in [-0.39, 0.29) is 5.91 Å². The number of carbonyl (C=O) groups is 2. The normalized spacial score (nSPS) is 11.9. The summed E-state index contributed by atoms with van der Waals surface area (Å²) in [5.41, 5.74) is 3.53. The first-order valence-corrected chi connectivity index (χ1v) is 6.79. The van der Waals surface area contributed by atoms with Crippen LogP contribution in [0.3, 0.4) is 0 Å². The highest BCUT2D eigenvalue weighted by atomic mass is 16.5. The van der Waals surface area contributed by atoms with E-state index in [2.05, 4.69) is 15.5 Å². The van der Waals surface area contributed by atoms with Gasteiger partial charge in [0.1, 0.15) is 5.75 Å². The lowest BCUT2D eigenvalue weighted by Crippen LogP contribution is -2.22. The Kier molecular flexibility index (Phi) is 5.40. The molecule has 23 heavy (non-hydrogen) atoms. The number of nitrogens with zero attached hydrogens (tertiary/aromatic N) is 2. The van der Waals surface area contributed by atoms with Crippen molar-refractivity contribution in [2.45, 2.75) is 13.0 Å². The summed E-state index contributed by atoms with van der Waals surface area (Å²) in [5, 5.41) is 12.6. The molecule has 0 saturated heterocycles. The molecule has 0 aliphatic rings. The van der Waals surface area contributed by atoms with Crippen LogP contribution in [0.1, 0.15) is 22.8 Å². The molecule has 1 aromatic heterocycles. The van der Waals surface area contributed by atoms with Crippen LogP contribution in [-0.4, -0.2) is 34.3 Å². The largest absolute Gasteiger partial charge is 0.479 e. The second-order valence-corrected chi connectivity index (χ2v) is 4.61. The number of ether oxygens (including phenoxy) is 1. The zero-order valence-corrected chi connectivity index (χ0v) is 12.3. The summed E-state index contributed by atoms with van der Waals surface area (Å²) in [5.74, 6) is -0.949. The molecular weight excluding hydrogens is 298 g/mol. The minimum Gasteiger partial charge on any atom is -0.479 e. The van der Waals surface area contributed by atoms with Gasteiger partial charge in [0.05, 0.1) is 11.8 Å². The van der Waals surface area contributed by atoms with E-state index in [0.29, 0.717) is 11.3 Å². The Balaban J connectivity index is 1.90. The molecule has 0 unspecified atom stereocenters. The van der Waals surface area contributed by atoms with Crippen molar-refractivity contribution in [1.29, 1.82) is 0 Å². The molecule has 1 aromatic carbocycles. The van der Waals surface area contributed by atoms with E-state index in [1.807, 2.05) is 0 Å². The summed E-state index contributed by atoms with van der Waals surface area (Å²) in [6.45, 7) is 1.45. The smallest absolute Gasteiger partial charge is 0.344 e. The van der Waals surface area contributed by atoms with Gasteiger partial charge in [-0.2, -0.15) is 5.10 Å². The molecule has 7 nitrogen and oxygen atoms in total. The van der Waals surface area contributed by atoms with Crippen LogP contribution < -0.4 is 10.2 Å². The van der Waals surface area contributed by atoms with Gasteiger partial charge in [0.25, 0.3) is 5.91 Å². The Hall–Kier alpha value is -3.22. The summed E-state index contributed by atoms with van der Waals surface area (Å²) >= 11 is 0. The zero-order chi connectivity index (χ0) is 16.7. The number of hydrogen-bond donors (Lipinski definition) is 2. The molecule has 1 atom stereocenters. The first-order valence-electron chi connectivity index (χ1n) is 6.79. The maximum Gasteiger partial charge on any atom is 0.344 e. The van der Waals surface area contributed by atoms with E-state index in [0.717, 1.165) is 5.56 Å². The minimum atomic E-state index is -1.03. The molecule has 1 heterocycles. The van der Waals surface area contributed by atoms with Gasteiger partial charge < -0.3 is 9.84 Å². The average molecular weight is 313 g/mol. The Morgan fingerprint density at radius 2 is 2.04 bits per heavy atom. The number of pyridine rings is 1. The zero-order valence-electron chi connectivity index (χ0n) is 12.3. The molecule has 1 amide bonds. The fourth-order valence-electron chi connectivity index (χ4n) is 1.61. The van der Waals surface area contributed by atoms with E-state index in [1.165, 1.54) is 19.3 Å². The first kappa shape index (κ1) is 16.2. The number of hydrogen-bond acceptors (Lipinski definition) is 5. The number of carbonyl (C=O) groups excluding carboxylic acids is 1. The monoisotopic (exact) mass is 313 g/mol. The van der Waals surface area contributed by atoms with Gasteiger partial charge in [-0.1, -0.05) is 0 Å². The number of rotatable bonds is 6. The van der Waals surface area contributed by atoms with E-state index in [1.54, 1.807) is 42.6 Å². The minimum absolute atomic E-state index is 0.357. The van der Waals surface area contributed by atoms with Gasteiger partial charge in [0.2, 0.25) is 0 Å². The average Bonchev–Trinajstić information content (AvgIpc) is 2.57. The van der Waals surface area contributed by atoms with Crippen molar-refractivity contribution in [1.82, 2.24) is 10.4 Å². The second kappa shape index (κ2) is 7.69. The third kappa shape index (κ3) is 4.92. The molecule has 0 saturated carbocycles. The molecule has 2 N–H and O–H groups in total. The van der Waals surface area contributed by atoms with E-state index in [4.69, 9.17) is 9.84 Å². The Morgan fingerprint density at radius 1 is 1.30 bits per heavy atom. The third-order valence-electron chi connectivity index (χ3n) is 2.84. The standard InChI is InChI=1S/C16H15N3O4/c1-11(16(21)22)23-14-6-4-12(5-7-14)9-18-19-15(20)13-3-2-8-17-10-13/h2-11H,1H3,(H,19,20)(H,21,22)/b18-9-/t11-/m1/s1. The van der Waals surface area contributed by atoms with Crippen LogP contribution in [0.5, 0.6) is 5.75 Å². The van der Waals surface area contributed by atoms with E-state index in [9.17, 15) is 9.59 Å². The maximum absolute atomic E-state index is 11.7. The third-order valence-corrected chi connectivity index (χ3v) is 2.84. The molecule has 7 heteroatoms. The maximum atomic E-state index is 11.7. The molecule has 0 aliphatic heterocycles. The second-order valence-electron chi connectivity index (χ2n) is 4.61. The molecule has 2 rings (SSSR count). The number of carboxylic acids is 1. The van der Waals surface area contributed by atoms with Crippen molar-refractivity contribution in [2.75, 3.05) is 0 Å². The summed E-state index contributed by atoms with van der Waals surface area (Å²) < 4.78 is 5.21.